The van der Waals surface area contributed by atoms with Gasteiger partial charge < -0.3 is 8.83 Å². The minimum Gasteiger partial charge on any atom is -0.468 e. The number of alkyl halides is 2. The monoisotopic (exact) mass is 366 g/mol. The maximum atomic E-state index is 13.0. The molecule has 128 valence electrons. The molecule has 2 saturated carbocycles. The number of carbonyl (C=O) groups excluding carboxylic acids is 1. The van der Waals surface area contributed by atoms with Crippen molar-refractivity contribution in [2.45, 2.75) is 61.1 Å². The molecule has 0 saturated heterocycles. The first kappa shape index (κ1) is 16.3. The molecule has 2 heterocycles. The Hall–Kier alpha value is -1.19. The molecule has 0 radical (unpaired) electrons. The molecule has 3 nitrogen and oxygen atoms in total. The van der Waals surface area contributed by atoms with Crippen LogP contribution in [-0.2, 0) is 14.5 Å². The number of furan rings is 2. The van der Waals surface area contributed by atoms with E-state index < -0.39 is 0 Å². The normalized spacial score (nSPS) is 22.8. The van der Waals surface area contributed by atoms with E-state index in [9.17, 15) is 4.79 Å². The molecule has 0 aromatic carbocycles. The molecule has 0 N–H and O–H groups in total. The molecule has 2 aromatic heterocycles. The van der Waals surface area contributed by atoms with Crippen molar-refractivity contribution in [3.63, 3.8) is 0 Å². The number of ketones is 1. The van der Waals surface area contributed by atoms with Crippen molar-refractivity contribution in [3.8, 4) is 0 Å². The SMILES string of the molecule is CC(C(=O)C(C)c1occc1C1(Cl)CC1)c1occc1C1(Cl)CC1. The largest absolute Gasteiger partial charge is 0.468 e. The van der Waals surface area contributed by atoms with Gasteiger partial charge in [0.25, 0.3) is 0 Å². The van der Waals surface area contributed by atoms with Gasteiger partial charge in [-0.05, 0) is 51.7 Å². The molecule has 2 aliphatic rings. The first-order chi connectivity index (χ1) is 11.4. The minimum absolute atomic E-state index is 0.0595. The zero-order valence-electron chi connectivity index (χ0n) is 13.8. The number of Topliss-reactive ketones (excluding diaryl/α,β-unsaturated/α-hetero) is 1. The van der Waals surface area contributed by atoms with Gasteiger partial charge in [-0.25, -0.2) is 0 Å². The van der Waals surface area contributed by atoms with Crippen LogP contribution in [0.3, 0.4) is 0 Å². The predicted molar refractivity (Wildman–Crippen MR) is 92.8 cm³/mol. The molecule has 0 amide bonds. The summed E-state index contributed by atoms with van der Waals surface area (Å²) in [5, 5.41) is 0. The predicted octanol–water partition coefficient (Wildman–Crippen LogP) is 5.80. The fraction of sp³-hybridized carbons (Fsp3) is 0.526. The van der Waals surface area contributed by atoms with E-state index in [0.29, 0.717) is 11.5 Å². The van der Waals surface area contributed by atoms with Gasteiger partial charge in [0.2, 0.25) is 0 Å². The second kappa shape index (κ2) is 5.40. The molecule has 2 aliphatic carbocycles. The number of hydrogen-bond acceptors (Lipinski definition) is 3. The number of carbonyl (C=O) groups is 1. The zero-order valence-corrected chi connectivity index (χ0v) is 15.3. The topological polar surface area (TPSA) is 43.4 Å². The van der Waals surface area contributed by atoms with E-state index in [1.165, 1.54) is 0 Å². The van der Waals surface area contributed by atoms with Gasteiger partial charge in [0.1, 0.15) is 11.5 Å². The lowest BCUT2D eigenvalue weighted by molar-refractivity contribution is -0.121. The number of hydrogen-bond donors (Lipinski definition) is 0. The van der Waals surface area contributed by atoms with Gasteiger partial charge >= 0.3 is 0 Å². The minimum atomic E-state index is -0.371. The molecule has 5 heteroatoms. The maximum absolute atomic E-state index is 13.0. The van der Waals surface area contributed by atoms with Crippen molar-refractivity contribution in [1.29, 1.82) is 0 Å². The summed E-state index contributed by atoms with van der Waals surface area (Å²) < 4.78 is 11.3. The highest BCUT2D eigenvalue weighted by atomic mass is 35.5. The van der Waals surface area contributed by atoms with Gasteiger partial charge in [-0.1, -0.05) is 0 Å². The standard InChI is InChI=1S/C19H20Cl2O3/c1-11(16-13(3-9-23-16)18(20)5-6-18)15(22)12(2)17-14(4-10-24-17)19(21)7-8-19/h3-4,9-12H,5-8H2,1-2H3. The number of rotatable bonds is 6. The van der Waals surface area contributed by atoms with Crippen molar-refractivity contribution >= 4 is 29.0 Å². The van der Waals surface area contributed by atoms with Crippen molar-refractivity contribution in [2.24, 2.45) is 0 Å². The summed E-state index contributed by atoms with van der Waals surface area (Å²) in [7, 11) is 0. The van der Waals surface area contributed by atoms with Crippen LogP contribution in [0.4, 0.5) is 0 Å². The lowest BCUT2D eigenvalue weighted by Gasteiger charge is -2.18. The molecule has 0 aliphatic heterocycles. The number of halogens is 2. The van der Waals surface area contributed by atoms with E-state index in [4.69, 9.17) is 32.0 Å². The van der Waals surface area contributed by atoms with Crippen LogP contribution in [0.15, 0.2) is 33.5 Å². The van der Waals surface area contributed by atoms with Crippen LogP contribution in [0.5, 0.6) is 0 Å². The van der Waals surface area contributed by atoms with E-state index in [0.717, 1.165) is 36.8 Å². The molecule has 0 spiro atoms. The third kappa shape index (κ3) is 2.53. The fourth-order valence-electron chi connectivity index (χ4n) is 3.44. The summed E-state index contributed by atoms with van der Waals surface area (Å²) in [6.07, 6.45) is 6.95. The summed E-state index contributed by atoms with van der Waals surface area (Å²) in [5.41, 5.74) is 1.90. The van der Waals surface area contributed by atoms with Gasteiger partial charge in [-0.15, -0.1) is 23.2 Å². The van der Waals surface area contributed by atoms with Crippen LogP contribution in [-0.4, -0.2) is 5.78 Å². The lowest BCUT2D eigenvalue weighted by Crippen LogP contribution is -2.19. The molecular formula is C19H20Cl2O3. The zero-order chi connectivity index (χ0) is 17.1. The average molecular weight is 367 g/mol. The fourth-order valence-corrected chi connectivity index (χ4v) is 3.95. The Balaban J connectivity index is 1.60. The van der Waals surface area contributed by atoms with Gasteiger partial charge in [-0.3, -0.25) is 4.79 Å². The van der Waals surface area contributed by atoms with E-state index in [-0.39, 0.29) is 27.4 Å². The van der Waals surface area contributed by atoms with Gasteiger partial charge in [0.15, 0.2) is 5.78 Å². The Bertz CT molecular complexity index is 716. The summed E-state index contributed by atoms with van der Waals surface area (Å²) in [6, 6.07) is 3.78. The highest BCUT2D eigenvalue weighted by Gasteiger charge is 2.48. The average Bonchev–Trinajstić information content (AvgIpc) is 3.34. The van der Waals surface area contributed by atoms with E-state index >= 15 is 0 Å². The quantitative estimate of drug-likeness (QED) is 0.606. The second-order valence-electron chi connectivity index (χ2n) is 7.17. The summed E-state index contributed by atoms with van der Waals surface area (Å²) in [5.74, 6) is 0.678. The molecule has 0 bridgehead atoms. The van der Waals surface area contributed by atoms with Gasteiger partial charge in [0, 0.05) is 11.1 Å². The Morgan fingerprint density at radius 1 is 0.917 bits per heavy atom. The van der Waals surface area contributed by atoms with Gasteiger partial charge in [0.05, 0.1) is 34.1 Å². The molecule has 4 rings (SSSR count). The van der Waals surface area contributed by atoms with Crippen LogP contribution >= 0.6 is 23.2 Å². The van der Waals surface area contributed by atoms with Crippen LogP contribution < -0.4 is 0 Å². The Morgan fingerprint density at radius 3 is 1.62 bits per heavy atom. The maximum Gasteiger partial charge on any atom is 0.153 e. The van der Waals surface area contributed by atoms with Crippen LogP contribution in [0.25, 0.3) is 0 Å². The van der Waals surface area contributed by atoms with E-state index in [2.05, 4.69) is 0 Å². The third-order valence-electron chi connectivity index (χ3n) is 5.37. The Morgan fingerprint density at radius 2 is 1.29 bits per heavy atom. The molecule has 2 unspecified atom stereocenters. The van der Waals surface area contributed by atoms with Crippen LogP contribution in [0.1, 0.15) is 74.0 Å². The summed E-state index contributed by atoms with van der Waals surface area (Å²) in [6.45, 7) is 3.75. The highest BCUT2D eigenvalue weighted by molar-refractivity contribution is 6.26. The van der Waals surface area contributed by atoms with Gasteiger partial charge in [-0.2, -0.15) is 0 Å². The van der Waals surface area contributed by atoms with Crippen LogP contribution in [0.2, 0.25) is 0 Å². The molecule has 2 atom stereocenters. The molecule has 24 heavy (non-hydrogen) atoms. The highest BCUT2D eigenvalue weighted by Crippen LogP contribution is 2.56. The van der Waals surface area contributed by atoms with Crippen molar-refractivity contribution in [1.82, 2.24) is 0 Å². The van der Waals surface area contributed by atoms with Crippen molar-refractivity contribution in [3.05, 3.63) is 47.3 Å². The first-order valence-corrected chi connectivity index (χ1v) is 9.19. The summed E-state index contributed by atoms with van der Waals surface area (Å²) >= 11 is 13.1. The van der Waals surface area contributed by atoms with Crippen molar-refractivity contribution in [2.75, 3.05) is 0 Å². The Kier molecular flexibility index (Phi) is 3.67. The van der Waals surface area contributed by atoms with E-state index in [1.807, 2.05) is 26.0 Å². The van der Waals surface area contributed by atoms with E-state index in [1.54, 1.807) is 12.5 Å². The first-order valence-electron chi connectivity index (χ1n) is 8.43. The lowest BCUT2D eigenvalue weighted by atomic mass is 9.88. The molecular weight excluding hydrogens is 347 g/mol. The Labute approximate surface area is 151 Å². The summed E-state index contributed by atoms with van der Waals surface area (Å²) in [4.78, 5) is 12.3. The van der Waals surface area contributed by atoms with Crippen LogP contribution in [0, 0.1) is 0 Å². The van der Waals surface area contributed by atoms with Crippen molar-refractivity contribution < 1.29 is 13.6 Å². The smallest absolute Gasteiger partial charge is 0.153 e. The second-order valence-corrected chi connectivity index (χ2v) is 8.62. The molecule has 2 fully saturated rings. The third-order valence-corrected chi connectivity index (χ3v) is 6.54. The molecule has 2 aromatic rings.